The lowest BCUT2D eigenvalue weighted by atomic mass is 9.91. The Hall–Kier alpha value is -1.24. The van der Waals surface area contributed by atoms with E-state index in [1.807, 2.05) is 6.20 Å². The highest BCUT2D eigenvalue weighted by atomic mass is 16.3. The van der Waals surface area contributed by atoms with Crippen molar-refractivity contribution in [3.63, 3.8) is 0 Å². The summed E-state index contributed by atoms with van der Waals surface area (Å²) in [6, 6.07) is 0.846. The Balaban J connectivity index is 1.35. The van der Waals surface area contributed by atoms with Crippen LogP contribution in [0.2, 0.25) is 0 Å². The molecule has 6 nitrogen and oxygen atoms in total. The molecule has 0 bridgehead atoms. The Labute approximate surface area is 157 Å². The van der Waals surface area contributed by atoms with Gasteiger partial charge in [0, 0.05) is 76.6 Å². The summed E-state index contributed by atoms with van der Waals surface area (Å²) in [5.74, 6) is 1.30. The smallest absolute Gasteiger partial charge is 0.225 e. The Morgan fingerprint density at radius 2 is 2.00 bits per heavy atom. The normalized spacial score (nSPS) is 23.5. The zero-order valence-electron chi connectivity index (χ0n) is 16.1. The molecular weight excluding hydrogens is 326 g/mol. The monoisotopic (exact) mass is 359 g/mol. The average molecular weight is 360 g/mol. The predicted molar refractivity (Wildman–Crippen MR) is 103 cm³/mol. The number of fused-ring (bicyclic) bond motifs is 1. The molecule has 1 aromatic heterocycles. The summed E-state index contributed by atoms with van der Waals surface area (Å²) in [7, 11) is 0. The van der Waals surface area contributed by atoms with Crippen molar-refractivity contribution in [2.24, 2.45) is 5.92 Å². The molecule has 2 fully saturated rings. The SMILES string of the molecule is CCC(CO)CN1CCc2nc(N3CCN(C4CCC4)CC3)ncc2C1. The number of piperazine rings is 1. The van der Waals surface area contributed by atoms with E-state index in [1.165, 1.54) is 30.5 Å². The van der Waals surface area contributed by atoms with Gasteiger partial charge in [-0.05, 0) is 25.2 Å². The summed E-state index contributed by atoms with van der Waals surface area (Å²) in [4.78, 5) is 17.1. The fourth-order valence-electron chi connectivity index (χ4n) is 4.39. The molecule has 1 atom stereocenters. The number of aliphatic hydroxyl groups excluding tert-OH is 1. The Morgan fingerprint density at radius 3 is 2.65 bits per heavy atom. The molecule has 1 aliphatic carbocycles. The lowest BCUT2D eigenvalue weighted by molar-refractivity contribution is 0.120. The van der Waals surface area contributed by atoms with Crippen LogP contribution >= 0.6 is 0 Å². The second kappa shape index (κ2) is 8.19. The summed E-state index contributed by atoms with van der Waals surface area (Å²) in [5.41, 5.74) is 2.49. The molecule has 3 heterocycles. The van der Waals surface area contributed by atoms with Crippen molar-refractivity contribution >= 4 is 5.95 Å². The molecule has 3 aliphatic rings. The van der Waals surface area contributed by atoms with Crippen LogP contribution in [0, 0.1) is 5.92 Å². The van der Waals surface area contributed by atoms with E-state index in [0.717, 1.165) is 70.6 Å². The van der Waals surface area contributed by atoms with Crippen LogP contribution in [0.25, 0.3) is 0 Å². The minimum absolute atomic E-state index is 0.280. The van der Waals surface area contributed by atoms with E-state index in [4.69, 9.17) is 9.97 Å². The number of hydrogen-bond donors (Lipinski definition) is 1. The van der Waals surface area contributed by atoms with Gasteiger partial charge in [0.1, 0.15) is 0 Å². The van der Waals surface area contributed by atoms with Crippen LogP contribution in [-0.2, 0) is 13.0 Å². The van der Waals surface area contributed by atoms with Gasteiger partial charge in [-0.1, -0.05) is 13.3 Å². The molecule has 2 aliphatic heterocycles. The Kier molecular flexibility index (Phi) is 5.72. The zero-order valence-corrected chi connectivity index (χ0v) is 16.1. The van der Waals surface area contributed by atoms with Gasteiger partial charge in [-0.15, -0.1) is 0 Å². The van der Waals surface area contributed by atoms with Gasteiger partial charge < -0.3 is 10.0 Å². The number of aromatic nitrogens is 2. The van der Waals surface area contributed by atoms with Gasteiger partial charge in [0.2, 0.25) is 5.95 Å². The third-order valence-electron chi connectivity index (χ3n) is 6.54. The highest BCUT2D eigenvalue weighted by Crippen LogP contribution is 2.26. The summed E-state index contributed by atoms with van der Waals surface area (Å²) >= 11 is 0. The minimum Gasteiger partial charge on any atom is -0.396 e. The molecule has 1 aromatic rings. The standard InChI is InChI=1S/C20H33N5O/c1-2-16(15-26)13-23-7-6-19-17(14-23)12-21-20(22-19)25-10-8-24(9-11-25)18-4-3-5-18/h12,16,18,26H,2-11,13-15H2,1H3. The van der Waals surface area contributed by atoms with Crippen LogP contribution < -0.4 is 4.90 Å². The maximum absolute atomic E-state index is 9.44. The number of anilines is 1. The highest BCUT2D eigenvalue weighted by Gasteiger charge is 2.29. The number of nitrogens with zero attached hydrogens (tertiary/aromatic N) is 5. The van der Waals surface area contributed by atoms with Crippen LogP contribution in [0.4, 0.5) is 5.95 Å². The molecule has 0 radical (unpaired) electrons. The van der Waals surface area contributed by atoms with Crippen molar-refractivity contribution in [2.45, 2.75) is 51.6 Å². The van der Waals surface area contributed by atoms with Gasteiger partial charge in [-0.3, -0.25) is 9.80 Å². The van der Waals surface area contributed by atoms with E-state index in [1.54, 1.807) is 0 Å². The van der Waals surface area contributed by atoms with Gasteiger partial charge in [0.05, 0.1) is 5.69 Å². The van der Waals surface area contributed by atoms with Crippen molar-refractivity contribution in [1.29, 1.82) is 0 Å². The van der Waals surface area contributed by atoms with E-state index < -0.39 is 0 Å². The highest BCUT2D eigenvalue weighted by molar-refractivity contribution is 5.35. The topological polar surface area (TPSA) is 55.7 Å². The number of aliphatic hydroxyl groups is 1. The minimum atomic E-state index is 0.280. The van der Waals surface area contributed by atoms with Gasteiger partial charge in [-0.25, -0.2) is 9.97 Å². The van der Waals surface area contributed by atoms with Crippen molar-refractivity contribution in [1.82, 2.24) is 19.8 Å². The fraction of sp³-hybridized carbons (Fsp3) is 0.800. The maximum Gasteiger partial charge on any atom is 0.225 e. The van der Waals surface area contributed by atoms with Crippen molar-refractivity contribution in [3.8, 4) is 0 Å². The molecule has 26 heavy (non-hydrogen) atoms. The van der Waals surface area contributed by atoms with Gasteiger partial charge >= 0.3 is 0 Å². The Morgan fingerprint density at radius 1 is 1.19 bits per heavy atom. The van der Waals surface area contributed by atoms with Gasteiger partial charge in [0.15, 0.2) is 0 Å². The first kappa shape index (κ1) is 18.1. The van der Waals surface area contributed by atoms with Crippen molar-refractivity contribution in [3.05, 3.63) is 17.5 Å². The first-order chi connectivity index (χ1) is 12.8. The molecule has 144 valence electrons. The summed E-state index contributed by atoms with van der Waals surface area (Å²) in [5, 5.41) is 9.44. The van der Waals surface area contributed by atoms with Crippen LogP contribution in [0.1, 0.15) is 43.9 Å². The lowest BCUT2D eigenvalue weighted by Gasteiger charge is -2.43. The molecule has 6 heteroatoms. The van der Waals surface area contributed by atoms with Crippen LogP contribution in [-0.4, -0.2) is 76.8 Å². The summed E-state index contributed by atoms with van der Waals surface area (Å²) < 4.78 is 0. The van der Waals surface area contributed by atoms with Gasteiger partial charge in [0.25, 0.3) is 0 Å². The molecule has 0 amide bonds. The van der Waals surface area contributed by atoms with Crippen molar-refractivity contribution < 1.29 is 5.11 Å². The van der Waals surface area contributed by atoms with Crippen LogP contribution in [0.3, 0.4) is 0 Å². The maximum atomic E-state index is 9.44. The largest absolute Gasteiger partial charge is 0.396 e. The third kappa shape index (κ3) is 3.87. The molecule has 1 unspecified atom stereocenters. The van der Waals surface area contributed by atoms with Crippen LogP contribution in [0.5, 0.6) is 0 Å². The Bertz CT molecular complexity index is 594. The van der Waals surface area contributed by atoms with E-state index in [-0.39, 0.29) is 6.61 Å². The van der Waals surface area contributed by atoms with Crippen molar-refractivity contribution in [2.75, 3.05) is 50.8 Å². The average Bonchev–Trinajstić information content (AvgIpc) is 2.65. The quantitative estimate of drug-likeness (QED) is 0.831. The van der Waals surface area contributed by atoms with E-state index in [2.05, 4.69) is 21.6 Å². The van der Waals surface area contributed by atoms with Crippen LogP contribution in [0.15, 0.2) is 6.20 Å². The zero-order chi connectivity index (χ0) is 17.9. The predicted octanol–water partition coefficient (Wildman–Crippen LogP) is 1.53. The molecule has 1 N–H and O–H groups in total. The van der Waals surface area contributed by atoms with E-state index in [0.29, 0.717) is 5.92 Å². The summed E-state index contributed by atoms with van der Waals surface area (Å²) in [6.07, 6.45) is 8.26. The first-order valence-corrected chi connectivity index (χ1v) is 10.4. The molecule has 0 aromatic carbocycles. The van der Waals surface area contributed by atoms with E-state index >= 15 is 0 Å². The lowest BCUT2D eigenvalue weighted by Crippen LogP contribution is -2.52. The van der Waals surface area contributed by atoms with Gasteiger partial charge in [-0.2, -0.15) is 0 Å². The fourth-order valence-corrected chi connectivity index (χ4v) is 4.39. The molecule has 4 rings (SSSR count). The molecule has 1 saturated carbocycles. The molecular formula is C20H33N5O. The second-order valence-corrected chi connectivity index (χ2v) is 8.19. The molecule has 0 spiro atoms. The number of rotatable bonds is 6. The number of hydrogen-bond acceptors (Lipinski definition) is 6. The summed E-state index contributed by atoms with van der Waals surface area (Å²) in [6.45, 7) is 9.76. The third-order valence-corrected chi connectivity index (χ3v) is 6.54. The van der Waals surface area contributed by atoms with E-state index in [9.17, 15) is 5.11 Å². The first-order valence-electron chi connectivity index (χ1n) is 10.4. The second-order valence-electron chi connectivity index (χ2n) is 8.19. The molecule has 1 saturated heterocycles.